The van der Waals surface area contributed by atoms with Crippen LogP contribution in [0.3, 0.4) is 0 Å². The summed E-state index contributed by atoms with van der Waals surface area (Å²) in [7, 11) is 3.07. The number of hydrogen-bond acceptors (Lipinski definition) is 6. The van der Waals surface area contributed by atoms with Crippen LogP contribution in [0.4, 0.5) is 0 Å². The summed E-state index contributed by atoms with van der Waals surface area (Å²) in [5, 5.41) is 9.08. The highest BCUT2D eigenvalue weighted by Crippen LogP contribution is 2.35. The predicted molar refractivity (Wildman–Crippen MR) is 91.7 cm³/mol. The van der Waals surface area contributed by atoms with Gasteiger partial charge in [-0.05, 0) is 30.7 Å². The van der Waals surface area contributed by atoms with Crippen LogP contribution in [0.15, 0.2) is 23.1 Å². The number of amides is 1. The number of benzene rings is 1. The Bertz CT molecular complexity index is 679. The highest BCUT2D eigenvalue weighted by atomic mass is 32.2. The number of thioether (sulfide) groups is 1. The van der Waals surface area contributed by atoms with E-state index in [1.54, 1.807) is 24.3 Å². The van der Waals surface area contributed by atoms with Gasteiger partial charge in [0.2, 0.25) is 0 Å². The van der Waals surface area contributed by atoms with Crippen LogP contribution < -0.4 is 9.47 Å². The molecule has 23 heavy (non-hydrogen) atoms. The van der Waals surface area contributed by atoms with Gasteiger partial charge >= 0.3 is 5.97 Å². The first-order valence-corrected chi connectivity index (χ1v) is 7.82. The number of methoxy groups -OCH3 is 2. The van der Waals surface area contributed by atoms with Crippen LogP contribution in [0.25, 0.3) is 6.08 Å². The number of aliphatic carboxylic acids is 1. The van der Waals surface area contributed by atoms with Crippen molar-refractivity contribution in [1.29, 1.82) is 0 Å². The Kier molecular flexibility index (Phi) is 5.27. The number of rotatable bonds is 5. The fourth-order valence-corrected chi connectivity index (χ4v) is 3.41. The lowest BCUT2D eigenvalue weighted by Crippen LogP contribution is -2.41. The van der Waals surface area contributed by atoms with E-state index in [2.05, 4.69) is 0 Å². The van der Waals surface area contributed by atoms with E-state index in [-0.39, 0.29) is 4.32 Å². The summed E-state index contributed by atoms with van der Waals surface area (Å²) in [4.78, 5) is 25.0. The molecule has 0 radical (unpaired) electrons. The number of carboxylic acids is 1. The second-order valence-electron chi connectivity index (χ2n) is 4.71. The molecule has 8 heteroatoms. The lowest BCUT2D eigenvalue weighted by Gasteiger charge is -2.18. The summed E-state index contributed by atoms with van der Waals surface area (Å²) in [5.74, 6) is -0.350. The van der Waals surface area contributed by atoms with Gasteiger partial charge in [-0.15, -0.1) is 0 Å². The Morgan fingerprint density at radius 3 is 2.35 bits per heavy atom. The normalized spacial score (nSPS) is 17.5. The Balaban J connectivity index is 2.36. The van der Waals surface area contributed by atoms with Crippen LogP contribution in [0.2, 0.25) is 0 Å². The van der Waals surface area contributed by atoms with Gasteiger partial charge in [-0.2, -0.15) is 0 Å². The zero-order valence-corrected chi connectivity index (χ0v) is 14.4. The molecule has 1 fully saturated rings. The molecule has 0 aromatic heterocycles. The van der Waals surface area contributed by atoms with Gasteiger partial charge < -0.3 is 14.6 Å². The van der Waals surface area contributed by atoms with Crippen molar-refractivity contribution in [2.24, 2.45) is 0 Å². The molecule has 1 aromatic carbocycles. The number of nitrogens with zero attached hydrogens (tertiary/aromatic N) is 1. The van der Waals surface area contributed by atoms with Gasteiger partial charge in [-0.25, -0.2) is 4.79 Å². The Morgan fingerprint density at radius 1 is 1.30 bits per heavy atom. The molecule has 1 aliphatic heterocycles. The third kappa shape index (κ3) is 3.65. The van der Waals surface area contributed by atoms with Crippen molar-refractivity contribution in [1.82, 2.24) is 4.90 Å². The van der Waals surface area contributed by atoms with E-state index in [1.807, 2.05) is 0 Å². The molecule has 0 unspecified atom stereocenters. The minimum Gasteiger partial charge on any atom is -0.497 e. The predicted octanol–water partition coefficient (Wildman–Crippen LogP) is 2.38. The molecule has 6 nitrogen and oxygen atoms in total. The molecule has 122 valence electrons. The monoisotopic (exact) mass is 353 g/mol. The van der Waals surface area contributed by atoms with E-state index >= 15 is 0 Å². The van der Waals surface area contributed by atoms with Gasteiger partial charge in [0, 0.05) is 6.07 Å². The minimum absolute atomic E-state index is 0.228. The quantitative estimate of drug-likeness (QED) is 0.643. The molecule has 0 saturated carbocycles. The Labute approximate surface area is 143 Å². The fourth-order valence-electron chi connectivity index (χ4n) is 1.99. The zero-order valence-electron chi connectivity index (χ0n) is 12.7. The van der Waals surface area contributed by atoms with E-state index in [1.165, 1.54) is 21.1 Å². The standard InChI is InChI=1S/C15H15NO5S2/c1-8(14(18)19)16-13(17)12(23-15(16)22)6-9-4-10(20-2)7-11(5-9)21-3/h4-8H,1-3H3,(H,18,19)/b12-6-/t8-/m0/s1. The summed E-state index contributed by atoms with van der Waals surface area (Å²) < 4.78 is 10.6. The number of thiocarbonyl (C=S) groups is 1. The van der Waals surface area contributed by atoms with Crippen molar-refractivity contribution in [2.45, 2.75) is 13.0 Å². The third-order valence-corrected chi connectivity index (χ3v) is 4.57. The first-order valence-electron chi connectivity index (χ1n) is 6.60. The van der Waals surface area contributed by atoms with Gasteiger partial charge in [0.15, 0.2) is 0 Å². The van der Waals surface area contributed by atoms with Gasteiger partial charge in [0.05, 0.1) is 19.1 Å². The maximum Gasteiger partial charge on any atom is 0.326 e. The first-order chi connectivity index (χ1) is 10.9. The third-order valence-electron chi connectivity index (χ3n) is 3.24. The van der Waals surface area contributed by atoms with Crippen LogP contribution in [0, 0.1) is 0 Å². The molecule has 1 saturated heterocycles. The van der Waals surface area contributed by atoms with Crippen LogP contribution >= 0.6 is 24.0 Å². The van der Waals surface area contributed by atoms with Crippen molar-refractivity contribution in [3.05, 3.63) is 28.7 Å². The highest BCUT2D eigenvalue weighted by Gasteiger charge is 2.38. The van der Waals surface area contributed by atoms with Gasteiger partial charge in [-0.1, -0.05) is 24.0 Å². The van der Waals surface area contributed by atoms with Gasteiger partial charge in [0.25, 0.3) is 5.91 Å². The summed E-state index contributed by atoms with van der Waals surface area (Å²) in [6, 6.07) is 4.20. The summed E-state index contributed by atoms with van der Waals surface area (Å²) in [5.41, 5.74) is 0.699. The average Bonchev–Trinajstić information content (AvgIpc) is 2.80. The molecular weight excluding hydrogens is 338 g/mol. The number of carboxylic acid groups (broad SMARTS) is 1. The molecule has 1 heterocycles. The van der Waals surface area contributed by atoms with Crippen LogP contribution in [-0.4, -0.2) is 46.5 Å². The Morgan fingerprint density at radius 2 is 1.87 bits per heavy atom. The molecular formula is C15H15NO5S2. The molecule has 1 atom stereocenters. The maximum absolute atomic E-state index is 12.4. The number of carbonyl (C=O) groups excluding carboxylic acids is 1. The summed E-state index contributed by atoms with van der Waals surface area (Å²) in [6.45, 7) is 1.42. The van der Waals surface area contributed by atoms with E-state index in [0.717, 1.165) is 16.7 Å². The lowest BCUT2D eigenvalue weighted by molar-refractivity contribution is -0.144. The van der Waals surface area contributed by atoms with Crippen molar-refractivity contribution in [2.75, 3.05) is 14.2 Å². The average molecular weight is 353 g/mol. The highest BCUT2D eigenvalue weighted by molar-refractivity contribution is 8.26. The van der Waals surface area contributed by atoms with Crippen molar-refractivity contribution in [3.63, 3.8) is 0 Å². The minimum atomic E-state index is -1.11. The molecule has 1 N–H and O–H groups in total. The van der Waals surface area contributed by atoms with E-state index in [9.17, 15) is 9.59 Å². The molecule has 2 rings (SSSR count). The second kappa shape index (κ2) is 7.01. The lowest BCUT2D eigenvalue weighted by atomic mass is 10.1. The zero-order chi connectivity index (χ0) is 17.1. The topological polar surface area (TPSA) is 76.1 Å². The van der Waals surface area contributed by atoms with Crippen LogP contribution in [-0.2, 0) is 9.59 Å². The molecule has 0 bridgehead atoms. The van der Waals surface area contributed by atoms with E-state index < -0.39 is 17.9 Å². The van der Waals surface area contributed by atoms with Crippen LogP contribution in [0.5, 0.6) is 11.5 Å². The van der Waals surface area contributed by atoms with E-state index in [0.29, 0.717) is 22.0 Å². The molecule has 1 amide bonds. The summed E-state index contributed by atoms with van der Waals surface area (Å²) in [6.07, 6.45) is 1.64. The fraction of sp³-hybridized carbons (Fsp3) is 0.267. The second-order valence-corrected chi connectivity index (χ2v) is 6.39. The molecule has 1 aliphatic rings. The van der Waals surface area contributed by atoms with Crippen molar-refractivity contribution >= 4 is 46.3 Å². The number of hydrogen-bond donors (Lipinski definition) is 1. The number of carbonyl (C=O) groups is 2. The summed E-state index contributed by atoms with van der Waals surface area (Å²) >= 11 is 6.19. The maximum atomic E-state index is 12.4. The van der Waals surface area contributed by atoms with Gasteiger partial charge in [-0.3, -0.25) is 9.69 Å². The number of ether oxygens (including phenoxy) is 2. The molecule has 0 aliphatic carbocycles. The van der Waals surface area contributed by atoms with Crippen molar-refractivity contribution < 1.29 is 24.2 Å². The van der Waals surface area contributed by atoms with Crippen molar-refractivity contribution in [3.8, 4) is 11.5 Å². The molecule has 0 spiro atoms. The Hall–Kier alpha value is -2.06. The SMILES string of the molecule is COc1cc(/C=C2\SC(=S)N([C@@H](C)C(=O)O)C2=O)cc(OC)c1. The largest absolute Gasteiger partial charge is 0.497 e. The molecule has 1 aromatic rings. The van der Waals surface area contributed by atoms with E-state index in [4.69, 9.17) is 26.8 Å². The van der Waals surface area contributed by atoms with Crippen LogP contribution in [0.1, 0.15) is 12.5 Å². The smallest absolute Gasteiger partial charge is 0.326 e. The first kappa shape index (κ1) is 17.3. The van der Waals surface area contributed by atoms with Gasteiger partial charge in [0.1, 0.15) is 21.9 Å².